The molecule has 0 radical (unpaired) electrons. The minimum Gasteiger partial charge on any atom is -0.347 e. The van der Waals surface area contributed by atoms with E-state index in [1.807, 2.05) is 4.90 Å². The first-order chi connectivity index (χ1) is 16.3. The van der Waals surface area contributed by atoms with Crippen LogP contribution < -0.4 is 4.90 Å². The highest BCUT2D eigenvalue weighted by molar-refractivity contribution is 8.01. The molecule has 2 aliphatic heterocycles. The van der Waals surface area contributed by atoms with Crippen molar-refractivity contribution in [1.82, 2.24) is 20.0 Å². The van der Waals surface area contributed by atoms with Crippen LogP contribution in [0.1, 0.15) is 30.0 Å². The number of benzene rings is 2. The first-order valence-corrected chi connectivity index (χ1v) is 13.4. The first-order valence-electron chi connectivity index (χ1n) is 11.6. The van der Waals surface area contributed by atoms with E-state index in [-0.39, 0.29) is 11.9 Å². The molecule has 0 bridgehead atoms. The second kappa shape index (κ2) is 10.7. The lowest BCUT2D eigenvalue weighted by molar-refractivity contribution is -0.130. The van der Waals surface area contributed by atoms with Crippen LogP contribution in [-0.4, -0.2) is 70.9 Å². The fourth-order valence-electron chi connectivity index (χ4n) is 4.63. The van der Waals surface area contributed by atoms with Crippen LogP contribution in [0.25, 0.3) is 0 Å². The average Bonchev–Trinajstić information content (AvgIpc) is 3.57. The van der Waals surface area contributed by atoms with Crippen molar-refractivity contribution in [3.8, 4) is 0 Å². The molecule has 5 rings (SSSR count). The Hall–Kier alpha value is -2.42. The number of thioether (sulfide) groups is 1. The molecule has 2 aromatic carbocycles. The van der Waals surface area contributed by atoms with Gasteiger partial charge >= 0.3 is 0 Å². The zero-order valence-corrected chi connectivity index (χ0v) is 20.3. The van der Waals surface area contributed by atoms with E-state index in [0.717, 1.165) is 48.7 Å². The summed E-state index contributed by atoms with van der Waals surface area (Å²) in [6.07, 6.45) is 2.45. The van der Waals surface area contributed by atoms with Crippen LogP contribution in [0.2, 0.25) is 0 Å². The van der Waals surface area contributed by atoms with Crippen molar-refractivity contribution >= 4 is 34.1 Å². The van der Waals surface area contributed by atoms with Crippen LogP contribution in [0.5, 0.6) is 0 Å². The number of nitrogens with zero attached hydrogens (tertiary/aromatic N) is 5. The number of piperazine rings is 1. The van der Waals surface area contributed by atoms with Crippen molar-refractivity contribution in [2.45, 2.75) is 23.2 Å². The second-order valence-corrected chi connectivity index (χ2v) is 10.7. The van der Waals surface area contributed by atoms with Gasteiger partial charge in [-0.05, 0) is 24.0 Å². The van der Waals surface area contributed by atoms with Gasteiger partial charge in [-0.1, -0.05) is 83.8 Å². The Morgan fingerprint density at radius 2 is 1.45 bits per heavy atom. The first kappa shape index (κ1) is 22.4. The smallest absolute Gasteiger partial charge is 0.233 e. The fourth-order valence-corrected chi connectivity index (χ4v) is 6.42. The maximum atomic E-state index is 12.9. The molecule has 0 N–H and O–H groups in total. The second-order valence-electron chi connectivity index (χ2n) is 8.47. The molecule has 2 fully saturated rings. The molecule has 0 unspecified atom stereocenters. The molecule has 33 heavy (non-hydrogen) atoms. The molecule has 1 amide bonds. The summed E-state index contributed by atoms with van der Waals surface area (Å²) in [5.41, 5.74) is 2.59. The van der Waals surface area contributed by atoms with E-state index in [0.29, 0.717) is 5.75 Å². The summed E-state index contributed by atoms with van der Waals surface area (Å²) in [4.78, 5) is 19.7. The molecular formula is C25H29N5OS2. The normalized spacial score (nSPS) is 17.1. The van der Waals surface area contributed by atoms with Gasteiger partial charge in [0.1, 0.15) is 0 Å². The number of amides is 1. The van der Waals surface area contributed by atoms with Gasteiger partial charge in [-0.25, -0.2) is 0 Å². The summed E-state index contributed by atoms with van der Waals surface area (Å²) in [6, 6.07) is 21.5. The topological polar surface area (TPSA) is 52.6 Å². The van der Waals surface area contributed by atoms with Crippen molar-refractivity contribution in [2.24, 2.45) is 0 Å². The van der Waals surface area contributed by atoms with E-state index in [1.165, 1.54) is 35.7 Å². The number of carbonyl (C=O) groups is 1. The van der Waals surface area contributed by atoms with Crippen molar-refractivity contribution in [2.75, 3.05) is 49.9 Å². The minimum absolute atomic E-state index is 0.188. The Morgan fingerprint density at radius 3 is 2.06 bits per heavy atom. The maximum absolute atomic E-state index is 12.9. The van der Waals surface area contributed by atoms with Gasteiger partial charge in [-0.3, -0.25) is 9.69 Å². The largest absolute Gasteiger partial charge is 0.347 e. The van der Waals surface area contributed by atoms with E-state index >= 15 is 0 Å². The van der Waals surface area contributed by atoms with Gasteiger partial charge in [0.15, 0.2) is 4.34 Å². The summed E-state index contributed by atoms with van der Waals surface area (Å²) in [6.45, 7) is 5.37. The van der Waals surface area contributed by atoms with E-state index in [9.17, 15) is 4.79 Å². The number of hydrogen-bond acceptors (Lipinski definition) is 7. The zero-order valence-electron chi connectivity index (χ0n) is 18.7. The highest BCUT2D eigenvalue weighted by Gasteiger charge is 2.28. The summed E-state index contributed by atoms with van der Waals surface area (Å²) in [5.74, 6) is 0.614. The quantitative estimate of drug-likeness (QED) is 0.474. The predicted octanol–water partition coefficient (Wildman–Crippen LogP) is 4.16. The molecule has 2 saturated heterocycles. The van der Waals surface area contributed by atoms with E-state index in [4.69, 9.17) is 0 Å². The molecule has 0 atom stereocenters. The summed E-state index contributed by atoms with van der Waals surface area (Å²) in [5, 5.41) is 9.60. The third kappa shape index (κ3) is 5.39. The van der Waals surface area contributed by atoms with Crippen LogP contribution in [-0.2, 0) is 4.79 Å². The number of rotatable bonds is 7. The third-order valence-corrected chi connectivity index (χ3v) is 8.46. The zero-order chi connectivity index (χ0) is 22.5. The number of hydrogen-bond donors (Lipinski definition) is 0. The van der Waals surface area contributed by atoms with Gasteiger partial charge in [-0.15, -0.1) is 10.2 Å². The van der Waals surface area contributed by atoms with Gasteiger partial charge in [-0.2, -0.15) is 0 Å². The van der Waals surface area contributed by atoms with E-state index < -0.39 is 0 Å². The molecule has 0 aliphatic carbocycles. The van der Waals surface area contributed by atoms with Gasteiger partial charge in [0.25, 0.3) is 0 Å². The summed E-state index contributed by atoms with van der Waals surface area (Å²) >= 11 is 3.12. The summed E-state index contributed by atoms with van der Waals surface area (Å²) in [7, 11) is 0. The van der Waals surface area contributed by atoms with Gasteiger partial charge in [0.05, 0.1) is 11.8 Å². The molecule has 8 heteroatoms. The SMILES string of the molecule is O=C(CSc1nnc(N2CCCC2)s1)N1CCN(C(c2ccccc2)c2ccccc2)CC1. The molecular weight excluding hydrogens is 450 g/mol. The number of carbonyl (C=O) groups excluding carboxylic acids is 1. The molecule has 0 saturated carbocycles. The van der Waals surface area contributed by atoms with E-state index in [1.54, 1.807) is 11.3 Å². The Kier molecular flexibility index (Phi) is 7.24. The Balaban J connectivity index is 1.17. The van der Waals surface area contributed by atoms with Crippen LogP contribution in [0, 0.1) is 0 Å². The van der Waals surface area contributed by atoms with Gasteiger partial charge in [0, 0.05) is 39.3 Å². The molecule has 172 valence electrons. The predicted molar refractivity (Wildman–Crippen MR) is 135 cm³/mol. The van der Waals surface area contributed by atoms with Crippen LogP contribution in [0.3, 0.4) is 0 Å². The van der Waals surface area contributed by atoms with Gasteiger partial charge in [0.2, 0.25) is 11.0 Å². The molecule has 3 heterocycles. The number of aromatic nitrogens is 2. The summed E-state index contributed by atoms with van der Waals surface area (Å²) < 4.78 is 0.886. The molecule has 1 aromatic heterocycles. The molecule has 6 nitrogen and oxygen atoms in total. The fraction of sp³-hybridized carbons (Fsp3) is 0.400. The van der Waals surface area contributed by atoms with Crippen LogP contribution in [0.15, 0.2) is 65.0 Å². The maximum Gasteiger partial charge on any atom is 0.233 e. The standard InChI is InChI=1S/C25H29N5OS2/c31-22(19-32-25-27-26-24(33-25)30-13-7-8-14-30)28-15-17-29(18-16-28)23(20-9-3-1-4-10-20)21-11-5-2-6-12-21/h1-6,9-12,23H,7-8,13-19H2. The molecule has 3 aromatic rings. The van der Waals surface area contributed by atoms with Crippen LogP contribution in [0.4, 0.5) is 5.13 Å². The lowest BCUT2D eigenvalue weighted by Gasteiger charge is -2.39. The monoisotopic (exact) mass is 479 g/mol. The van der Waals surface area contributed by atoms with Gasteiger partial charge < -0.3 is 9.80 Å². The van der Waals surface area contributed by atoms with Crippen LogP contribution >= 0.6 is 23.1 Å². The van der Waals surface area contributed by atoms with E-state index in [2.05, 4.69) is 80.7 Å². The number of anilines is 1. The average molecular weight is 480 g/mol. The van der Waals surface area contributed by atoms with Crippen molar-refractivity contribution in [3.63, 3.8) is 0 Å². The lowest BCUT2D eigenvalue weighted by atomic mass is 9.96. The minimum atomic E-state index is 0.188. The van der Waals surface area contributed by atoms with Crippen molar-refractivity contribution in [3.05, 3.63) is 71.8 Å². The molecule has 0 spiro atoms. The molecule has 2 aliphatic rings. The Morgan fingerprint density at radius 1 is 0.848 bits per heavy atom. The van der Waals surface area contributed by atoms with Crippen molar-refractivity contribution < 1.29 is 4.79 Å². The van der Waals surface area contributed by atoms with Crippen molar-refractivity contribution in [1.29, 1.82) is 0 Å². The lowest BCUT2D eigenvalue weighted by Crippen LogP contribution is -2.50. The highest BCUT2D eigenvalue weighted by atomic mass is 32.2. The Bertz CT molecular complexity index is 992. The third-order valence-electron chi connectivity index (χ3n) is 6.35. The Labute approximate surface area is 203 Å². The highest BCUT2D eigenvalue weighted by Crippen LogP contribution is 2.31.